The van der Waals surface area contributed by atoms with E-state index in [2.05, 4.69) is 17.6 Å². The molecule has 2 N–H and O–H groups in total. The molecule has 1 aromatic rings. The molecule has 0 aromatic heterocycles. The summed E-state index contributed by atoms with van der Waals surface area (Å²) in [6.07, 6.45) is 3.84. The van der Waals surface area contributed by atoms with Gasteiger partial charge in [-0.15, -0.1) is 12.4 Å². The van der Waals surface area contributed by atoms with E-state index in [0.717, 1.165) is 37.9 Å². The number of nitrogens with one attached hydrogen (secondary N) is 2. The first-order chi connectivity index (χ1) is 11.4. The van der Waals surface area contributed by atoms with Gasteiger partial charge in [-0.3, -0.25) is 9.10 Å². The Hall–Kier alpha value is -1.31. The van der Waals surface area contributed by atoms with Crippen LogP contribution in [0.1, 0.15) is 35.7 Å². The molecule has 1 aromatic carbocycles. The van der Waals surface area contributed by atoms with Crippen LogP contribution < -0.4 is 14.9 Å². The van der Waals surface area contributed by atoms with Crippen LogP contribution in [0.3, 0.4) is 0 Å². The number of aryl methyl sites for hydroxylation is 1. The van der Waals surface area contributed by atoms with Gasteiger partial charge in [0.25, 0.3) is 5.91 Å². The van der Waals surface area contributed by atoms with Gasteiger partial charge in [-0.1, -0.05) is 6.92 Å². The predicted octanol–water partition coefficient (Wildman–Crippen LogP) is 1.55. The molecule has 0 aliphatic carbocycles. The highest BCUT2D eigenvalue weighted by Gasteiger charge is 2.26. The molecule has 3 rings (SSSR count). The number of rotatable bonds is 3. The van der Waals surface area contributed by atoms with Crippen LogP contribution >= 0.6 is 12.4 Å². The maximum atomic E-state index is 12.6. The molecule has 2 aliphatic heterocycles. The fraction of sp³-hybridized carbons (Fsp3) is 0.588. The largest absolute Gasteiger partial charge is 0.348 e. The summed E-state index contributed by atoms with van der Waals surface area (Å²) in [7, 11) is -3.28. The Kier molecular flexibility index (Phi) is 6.35. The van der Waals surface area contributed by atoms with Gasteiger partial charge in [0.15, 0.2) is 0 Å². The van der Waals surface area contributed by atoms with Crippen LogP contribution in [0.5, 0.6) is 0 Å². The number of carbonyl (C=O) groups is 1. The third kappa shape index (κ3) is 4.46. The van der Waals surface area contributed by atoms with E-state index in [1.165, 1.54) is 10.6 Å². The Labute approximate surface area is 155 Å². The van der Waals surface area contributed by atoms with Crippen LogP contribution in [-0.4, -0.2) is 46.3 Å². The molecule has 0 radical (unpaired) electrons. The van der Waals surface area contributed by atoms with E-state index < -0.39 is 10.0 Å². The minimum atomic E-state index is -3.28. The fourth-order valence-electron chi connectivity index (χ4n) is 3.48. The summed E-state index contributed by atoms with van der Waals surface area (Å²) < 4.78 is 25.2. The normalized spacial score (nSPS) is 23.4. The van der Waals surface area contributed by atoms with E-state index in [0.29, 0.717) is 23.7 Å². The second-order valence-electron chi connectivity index (χ2n) is 6.83. The van der Waals surface area contributed by atoms with Crippen LogP contribution in [0.25, 0.3) is 0 Å². The Morgan fingerprint density at radius 2 is 2.12 bits per heavy atom. The monoisotopic (exact) mass is 387 g/mol. The Balaban J connectivity index is 0.00000225. The Bertz CT molecular complexity index is 739. The molecule has 2 unspecified atom stereocenters. The number of nitrogens with zero attached hydrogens (tertiary/aromatic N) is 1. The standard InChI is InChI=1S/C17H25N3O3S.ClH/c1-12-7-8-18-11-15(12)19-17(21)14-5-6-16-13(10-14)4-3-9-20(16)24(2,22)23;/h5-6,10,12,15,18H,3-4,7-9,11H2,1-2H3,(H,19,21);1H. The lowest BCUT2D eigenvalue weighted by molar-refractivity contribution is 0.0915. The molecule has 1 fully saturated rings. The number of hydrogen-bond donors (Lipinski definition) is 2. The van der Waals surface area contributed by atoms with Gasteiger partial charge in [-0.2, -0.15) is 0 Å². The number of benzene rings is 1. The van der Waals surface area contributed by atoms with Crippen molar-refractivity contribution in [3.63, 3.8) is 0 Å². The van der Waals surface area contributed by atoms with Crippen LogP contribution in [0, 0.1) is 5.92 Å². The van der Waals surface area contributed by atoms with Crippen LogP contribution in [0.15, 0.2) is 18.2 Å². The molecule has 0 saturated carbocycles. The highest BCUT2D eigenvalue weighted by Crippen LogP contribution is 2.30. The van der Waals surface area contributed by atoms with Gasteiger partial charge >= 0.3 is 0 Å². The fourth-order valence-corrected chi connectivity index (χ4v) is 4.48. The van der Waals surface area contributed by atoms with Crippen molar-refractivity contribution in [1.82, 2.24) is 10.6 Å². The van der Waals surface area contributed by atoms with Gasteiger partial charge in [-0.05, 0) is 55.5 Å². The number of carbonyl (C=O) groups excluding carboxylic acids is 1. The summed E-state index contributed by atoms with van der Waals surface area (Å²) in [4.78, 5) is 12.6. The number of fused-ring (bicyclic) bond motifs is 1. The molecule has 1 amide bonds. The molecule has 2 aliphatic rings. The third-order valence-corrected chi connectivity index (χ3v) is 6.14. The Morgan fingerprint density at radius 1 is 1.36 bits per heavy atom. The first-order valence-electron chi connectivity index (χ1n) is 8.48. The van der Waals surface area contributed by atoms with Crippen LogP contribution in [-0.2, 0) is 16.4 Å². The molecular formula is C17H26ClN3O3S. The minimum Gasteiger partial charge on any atom is -0.348 e. The second-order valence-corrected chi connectivity index (χ2v) is 8.74. The van der Waals surface area contributed by atoms with Crippen molar-refractivity contribution in [2.24, 2.45) is 5.92 Å². The van der Waals surface area contributed by atoms with Crippen LogP contribution in [0.4, 0.5) is 5.69 Å². The topological polar surface area (TPSA) is 78.5 Å². The summed E-state index contributed by atoms with van der Waals surface area (Å²) in [5.41, 5.74) is 2.23. The van der Waals surface area contributed by atoms with Crippen molar-refractivity contribution in [1.29, 1.82) is 0 Å². The summed E-state index contributed by atoms with van der Waals surface area (Å²) in [5.74, 6) is 0.364. The minimum absolute atomic E-state index is 0. The van der Waals surface area contributed by atoms with E-state index in [1.807, 2.05) is 6.07 Å². The molecule has 2 atom stereocenters. The average Bonchev–Trinajstić information content (AvgIpc) is 2.55. The number of piperidine rings is 1. The van der Waals surface area contributed by atoms with Crippen LogP contribution in [0.2, 0.25) is 0 Å². The van der Waals surface area contributed by atoms with Crippen molar-refractivity contribution >= 4 is 34.0 Å². The summed E-state index contributed by atoms with van der Waals surface area (Å²) in [6, 6.07) is 5.45. The molecule has 0 spiro atoms. The van der Waals surface area contributed by atoms with E-state index in [1.54, 1.807) is 12.1 Å². The maximum absolute atomic E-state index is 12.6. The molecule has 2 heterocycles. The van der Waals surface area contributed by atoms with Gasteiger partial charge in [-0.25, -0.2) is 8.42 Å². The molecule has 1 saturated heterocycles. The molecule has 140 valence electrons. The SMILES string of the molecule is CC1CCNCC1NC(=O)c1ccc2c(c1)CCCN2S(C)(=O)=O.Cl. The van der Waals surface area contributed by atoms with Crippen molar-refractivity contribution in [3.8, 4) is 0 Å². The van der Waals surface area contributed by atoms with E-state index in [9.17, 15) is 13.2 Å². The van der Waals surface area contributed by atoms with Gasteiger partial charge in [0.2, 0.25) is 10.0 Å². The van der Waals surface area contributed by atoms with Gasteiger partial charge in [0.05, 0.1) is 11.9 Å². The number of amides is 1. The number of anilines is 1. The molecular weight excluding hydrogens is 362 g/mol. The highest BCUT2D eigenvalue weighted by atomic mass is 35.5. The van der Waals surface area contributed by atoms with E-state index in [4.69, 9.17) is 0 Å². The lowest BCUT2D eigenvalue weighted by Crippen LogP contribution is -2.50. The van der Waals surface area contributed by atoms with Crippen molar-refractivity contribution in [2.75, 3.05) is 30.2 Å². The lowest BCUT2D eigenvalue weighted by atomic mass is 9.94. The molecule has 25 heavy (non-hydrogen) atoms. The highest BCUT2D eigenvalue weighted by molar-refractivity contribution is 7.92. The third-order valence-electron chi connectivity index (χ3n) is 4.96. The first kappa shape index (κ1) is 20.0. The Morgan fingerprint density at radius 3 is 2.80 bits per heavy atom. The second kappa shape index (κ2) is 7.93. The maximum Gasteiger partial charge on any atom is 0.251 e. The summed E-state index contributed by atoms with van der Waals surface area (Å²) in [6.45, 7) is 4.44. The predicted molar refractivity (Wildman–Crippen MR) is 102 cm³/mol. The zero-order chi connectivity index (χ0) is 17.3. The zero-order valence-electron chi connectivity index (χ0n) is 14.6. The van der Waals surface area contributed by atoms with Crippen molar-refractivity contribution in [2.45, 2.75) is 32.2 Å². The van der Waals surface area contributed by atoms with Gasteiger partial charge in [0, 0.05) is 24.7 Å². The quantitative estimate of drug-likeness (QED) is 0.824. The van der Waals surface area contributed by atoms with Gasteiger partial charge < -0.3 is 10.6 Å². The summed E-state index contributed by atoms with van der Waals surface area (Å²) >= 11 is 0. The van der Waals surface area contributed by atoms with E-state index >= 15 is 0 Å². The lowest BCUT2D eigenvalue weighted by Gasteiger charge is -2.31. The molecule has 0 bridgehead atoms. The first-order valence-corrected chi connectivity index (χ1v) is 10.3. The van der Waals surface area contributed by atoms with Gasteiger partial charge in [0.1, 0.15) is 0 Å². The van der Waals surface area contributed by atoms with E-state index in [-0.39, 0.29) is 24.4 Å². The average molecular weight is 388 g/mol. The smallest absolute Gasteiger partial charge is 0.251 e. The summed E-state index contributed by atoms with van der Waals surface area (Å²) in [5, 5.41) is 6.41. The molecule has 6 nitrogen and oxygen atoms in total. The molecule has 8 heteroatoms. The zero-order valence-corrected chi connectivity index (χ0v) is 16.3. The number of hydrogen-bond acceptors (Lipinski definition) is 4. The van der Waals surface area contributed by atoms with Crippen molar-refractivity contribution < 1.29 is 13.2 Å². The van der Waals surface area contributed by atoms with Crippen molar-refractivity contribution in [3.05, 3.63) is 29.3 Å². The number of sulfonamides is 1. The number of halogens is 1.